The topological polar surface area (TPSA) is 61.9 Å². The second-order valence-electron chi connectivity index (χ2n) is 9.21. The average molecular weight is 346 g/mol. The summed E-state index contributed by atoms with van der Waals surface area (Å²) >= 11 is 0. The van der Waals surface area contributed by atoms with Crippen LogP contribution in [0.15, 0.2) is 24.8 Å². The zero-order valence-corrected chi connectivity index (χ0v) is 16.6. The minimum absolute atomic E-state index is 0.0734. The molecule has 0 aliphatic carbocycles. The molecule has 2 rings (SSSR count). The van der Waals surface area contributed by atoms with Crippen molar-refractivity contribution in [3.8, 4) is 0 Å². The van der Waals surface area contributed by atoms with Crippen molar-refractivity contribution >= 4 is 6.09 Å². The van der Waals surface area contributed by atoms with Gasteiger partial charge in [-0.2, -0.15) is 14.9 Å². The van der Waals surface area contributed by atoms with E-state index in [4.69, 9.17) is 4.74 Å². The first kappa shape index (κ1) is 19.2. The first-order valence-corrected chi connectivity index (χ1v) is 8.59. The van der Waals surface area contributed by atoms with Gasteiger partial charge in [-0.05, 0) is 37.3 Å². The molecule has 0 aliphatic heterocycles. The van der Waals surface area contributed by atoms with Crippen LogP contribution in [-0.2, 0) is 22.1 Å². The fourth-order valence-corrected chi connectivity index (χ4v) is 2.41. The highest BCUT2D eigenvalue weighted by Gasteiger charge is 2.26. The zero-order valence-electron chi connectivity index (χ0n) is 16.6. The molecule has 6 heteroatoms. The van der Waals surface area contributed by atoms with Crippen LogP contribution in [0.5, 0.6) is 0 Å². The summed E-state index contributed by atoms with van der Waals surface area (Å²) in [6.45, 7) is 16.9. The maximum Gasteiger partial charge on any atom is 0.435 e. The Hall–Kier alpha value is -2.11. The summed E-state index contributed by atoms with van der Waals surface area (Å²) in [5.41, 5.74) is 1.47. The predicted molar refractivity (Wildman–Crippen MR) is 97.8 cm³/mol. The van der Waals surface area contributed by atoms with Crippen LogP contribution in [-0.4, -0.2) is 31.3 Å². The Balaban J connectivity index is 2.15. The van der Waals surface area contributed by atoms with Crippen LogP contribution in [0, 0.1) is 0 Å². The average Bonchev–Trinajstić information content (AvgIpc) is 3.03. The van der Waals surface area contributed by atoms with E-state index in [-0.39, 0.29) is 10.8 Å². The maximum atomic E-state index is 12.1. The Morgan fingerprint density at radius 3 is 2.08 bits per heavy atom. The van der Waals surface area contributed by atoms with Gasteiger partial charge in [0.2, 0.25) is 0 Å². The van der Waals surface area contributed by atoms with Gasteiger partial charge in [-0.1, -0.05) is 34.6 Å². The third kappa shape index (κ3) is 4.94. The Morgan fingerprint density at radius 1 is 0.960 bits per heavy atom. The molecule has 0 atom stereocenters. The zero-order chi connectivity index (χ0) is 19.0. The molecule has 2 aromatic rings. The number of hydrogen-bond donors (Lipinski definition) is 0. The summed E-state index contributed by atoms with van der Waals surface area (Å²) in [6, 6.07) is 0. The van der Waals surface area contributed by atoms with E-state index in [1.54, 1.807) is 12.4 Å². The first-order valence-electron chi connectivity index (χ1n) is 8.59. The van der Waals surface area contributed by atoms with Crippen molar-refractivity contribution in [1.29, 1.82) is 0 Å². The lowest BCUT2D eigenvalue weighted by Crippen LogP contribution is -2.28. The molecule has 0 unspecified atom stereocenters. The van der Waals surface area contributed by atoms with Gasteiger partial charge < -0.3 is 4.74 Å². The molecule has 0 radical (unpaired) electrons. The number of carbonyl (C=O) groups is 1. The molecule has 0 spiro atoms. The van der Waals surface area contributed by atoms with Gasteiger partial charge in [-0.15, -0.1) is 0 Å². The van der Waals surface area contributed by atoms with Crippen LogP contribution in [0.25, 0.3) is 0 Å². The molecule has 0 N–H and O–H groups in total. The Morgan fingerprint density at radius 2 is 1.56 bits per heavy atom. The van der Waals surface area contributed by atoms with Crippen molar-refractivity contribution in [2.24, 2.45) is 0 Å². The van der Waals surface area contributed by atoms with Crippen LogP contribution >= 0.6 is 0 Å². The molecule has 2 aromatic heterocycles. The molecule has 138 valence electrons. The van der Waals surface area contributed by atoms with Crippen LogP contribution in [0.2, 0.25) is 0 Å². The normalized spacial score (nSPS) is 13.1. The lowest BCUT2D eigenvalue weighted by molar-refractivity contribution is 0.0514. The molecule has 0 saturated carbocycles. The Kier molecular flexibility index (Phi) is 4.86. The molecule has 0 amide bonds. The predicted octanol–water partition coefficient (Wildman–Crippen LogP) is 4.14. The molecule has 25 heavy (non-hydrogen) atoms. The second kappa shape index (κ2) is 6.32. The summed E-state index contributed by atoms with van der Waals surface area (Å²) in [4.78, 5) is 12.1. The molecule has 0 fully saturated rings. The van der Waals surface area contributed by atoms with Crippen molar-refractivity contribution in [3.05, 3.63) is 35.9 Å². The number of carbonyl (C=O) groups excluding carboxylic acids is 1. The maximum absolute atomic E-state index is 12.1. The van der Waals surface area contributed by atoms with E-state index < -0.39 is 11.7 Å². The van der Waals surface area contributed by atoms with E-state index in [0.717, 1.165) is 5.56 Å². The number of hydrogen-bond acceptors (Lipinski definition) is 4. The van der Waals surface area contributed by atoms with E-state index in [1.807, 2.05) is 31.6 Å². The quantitative estimate of drug-likeness (QED) is 0.838. The molecule has 0 aliphatic rings. The van der Waals surface area contributed by atoms with Crippen molar-refractivity contribution in [1.82, 2.24) is 19.6 Å². The number of rotatable bonds is 3. The Bertz CT molecular complexity index is 742. The van der Waals surface area contributed by atoms with Crippen LogP contribution in [0.1, 0.15) is 66.5 Å². The van der Waals surface area contributed by atoms with Gasteiger partial charge in [-0.3, -0.25) is 4.68 Å². The lowest BCUT2D eigenvalue weighted by atomic mass is 9.86. The molecular formula is C19H30N4O2. The van der Waals surface area contributed by atoms with Crippen molar-refractivity contribution in [2.45, 2.75) is 78.4 Å². The number of ether oxygens (including phenoxy) is 1. The van der Waals surface area contributed by atoms with Gasteiger partial charge in [0, 0.05) is 17.8 Å². The van der Waals surface area contributed by atoms with Gasteiger partial charge in [-0.25, -0.2) is 4.79 Å². The fraction of sp³-hybridized carbons (Fsp3) is 0.632. The first-order chi connectivity index (χ1) is 11.3. The highest BCUT2D eigenvalue weighted by atomic mass is 16.6. The van der Waals surface area contributed by atoms with E-state index in [1.165, 1.54) is 10.2 Å². The van der Waals surface area contributed by atoms with Crippen LogP contribution in [0.3, 0.4) is 0 Å². The standard InChI is InChI=1S/C19H30N4O2/c1-17(2,3)14-9-20-22(11-14)13-19(7,8)15-10-21-23(12-15)16(24)25-18(4,5)6/h9-12H,13H2,1-8H3. The molecule has 0 aromatic carbocycles. The highest BCUT2D eigenvalue weighted by Crippen LogP contribution is 2.27. The third-order valence-electron chi connectivity index (χ3n) is 4.00. The van der Waals surface area contributed by atoms with Crippen LogP contribution < -0.4 is 0 Å². The van der Waals surface area contributed by atoms with Crippen molar-refractivity contribution < 1.29 is 9.53 Å². The lowest BCUT2D eigenvalue weighted by Gasteiger charge is -2.23. The van der Waals surface area contributed by atoms with Gasteiger partial charge in [0.25, 0.3) is 0 Å². The molecule has 0 bridgehead atoms. The van der Waals surface area contributed by atoms with Crippen LogP contribution in [0.4, 0.5) is 4.79 Å². The van der Waals surface area contributed by atoms with Gasteiger partial charge in [0.05, 0.1) is 18.9 Å². The largest absolute Gasteiger partial charge is 0.442 e. The van der Waals surface area contributed by atoms with E-state index in [9.17, 15) is 4.79 Å². The summed E-state index contributed by atoms with van der Waals surface area (Å²) in [7, 11) is 0. The fourth-order valence-electron chi connectivity index (χ4n) is 2.41. The molecular weight excluding hydrogens is 316 g/mol. The van der Waals surface area contributed by atoms with E-state index in [2.05, 4.69) is 51.0 Å². The van der Waals surface area contributed by atoms with E-state index >= 15 is 0 Å². The summed E-state index contributed by atoms with van der Waals surface area (Å²) < 4.78 is 8.56. The summed E-state index contributed by atoms with van der Waals surface area (Å²) in [5, 5.41) is 8.65. The monoisotopic (exact) mass is 346 g/mol. The minimum Gasteiger partial charge on any atom is -0.442 e. The second-order valence-corrected chi connectivity index (χ2v) is 9.21. The smallest absolute Gasteiger partial charge is 0.435 e. The summed E-state index contributed by atoms with van der Waals surface area (Å²) in [6.07, 6.45) is 6.99. The van der Waals surface area contributed by atoms with Gasteiger partial charge in [0.15, 0.2) is 0 Å². The SMILES string of the molecule is CC(C)(C)OC(=O)n1cc(C(C)(C)Cn2cc(C(C)(C)C)cn2)cn1. The molecule has 6 nitrogen and oxygen atoms in total. The van der Waals surface area contributed by atoms with Gasteiger partial charge in [0.1, 0.15) is 5.60 Å². The third-order valence-corrected chi connectivity index (χ3v) is 4.00. The van der Waals surface area contributed by atoms with Crippen molar-refractivity contribution in [3.63, 3.8) is 0 Å². The minimum atomic E-state index is -0.545. The molecule has 0 saturated heterocycles. The summed E-state index contributed by atoms with van der Waals surface area (Å²) in [5.74, 6) is 0. The Labute approximate surface area is 150 Å². The van der Waals surface area contributed by atoms with E-state index in [0.29, 0.717) is 6.54 Å². The van der Waals surface area contributed by atoms with Crippen molar-refractivity contribution in [2.75, 3.05) is 0 Å². The number of aromatic nitrogens is 4. The number of nitrogens with zero attached hydrogens (tertiary/aromatic N) is 4. The van der Waals surface area contributed by atoms with Gasteiger partial charge >= 0.3 is 6.09 Å². The molecule has 2 heterocycles. The highest BCUT2D eigenvalue weighted by molar-refractivity contribution is 5.69.